The van der Waals surface area contributed by atoms with E-state index in [0.717, 1.165) is 0 Å². The quantitative estimate of drug-likeness (QED) is 0.297. The fraction of sp³-hybridized carbons (Fsp3) is 0.500. The number of nitrogens with zero attached hydrogens (tertiary/aromatic N) is 3. The molecule has 0 bridgehead atoms. The van der Waals surface area contributed by atoms with Crippen LogP contribution in [-0.4, -0.2) is 68.0 Å². The molecule has 9 nitrogen and oxygen atoms in total. The minimum Gasteiger partial charge on any atom is -0.478 e. The Morgan fingerprint density at radius 2 is 2.03 bits per heavy atom. The average molecular weight is 481 g/mol. The lowest BCUT2D eigenvalue weighted by atomic mass is 10.0. The van der Waals surface area contributed by atoms with Crippen LogP contribution in [0.1, 0.15) is 36.6 Å². The molecule has 34 heavy (non-hydrogen) atoms. The third-order valence-electron chi connectivity index (χ3n) is 5.30. The van der Waals surface area contributed by atoms with Crippen LogP contribution in [0.5, 0.6) is 5.88 Å². The Balaban J connectivity index is 1.96. The Morgan fingerprint density at radius 3 is 2.62 bits per heavy atom. The van der Waals surface area contributed by atoms with Gasteiger partial charge in [0.1, 0.15) is 18.5 Å². The number of aliphatic hydroxyl groups is 3. The fourth-order valence-corrected chi connectivity index (χ4v) is 3.53. The molecule has 1 saturated carbocycles. The van der Waals surface area contributed by atoms with Crippen molar-refractivity contribution >= 4 is 11.8 Å². The topological polar surface area (TPSA) is 133 Å². The lowest BCUT2D eigenvalue weighted by Gasteiger charge is -2.30. The summed E-state index contributed by atoms with van der Waals surface area (Å²) in [6, 6.07) is 3.33. The van der Waals surface area contributed by atoms with E-state index in [-0.39, 0.29) is 36.1 Å². The number of alkyl halides is 3. The first-order chi connectivity index (χ1) is 16.0. The molecular weight excluding hydrogens is 455 g/mol. The van der Waals surface area contributed by atoms with E-state index in [9.17, 15) is 28.5 Å². The summed E-state index contributed by atoms with van der Waals surface area (Å²) in [4.78, 5) is 12.3. The van der Waals surface area contributed by atoms with Gasteiger partial charge >= 0.3 is 6.18 Å². The van der Waals surface area contributed by atoms with Crippen LogP contribution in [0.3, 0.4) is 0 Å². The molecule has 1 aliphatic carbocycles. The Morgan fingerprint density at radius 1 is 1.26 bits per heavy atom. The largest absolute Gasteiger partial charge is 0.478 e. The van der Waals surface area contributed by atoms with Crippen LogP contribution in [0.25, 0.3) is 0 Å². The summed E-state index contributed by atoms with van der Waals surface area (Å²) >= 11 is 0. The van der Waals surface area contributed by atoms with Gasteiger partial charge in [0.25, 0.3) is 0 Å². The number of aliphatic hydroxyl groups excluding tert-OH is 2. The molecular formula is C22H26F3N5O4. The van der Waals surface area contributed by atoms with Gasteiger partial charge < -0.3 is 30.7 Å². The molecule has 1 aliphatic rings. The number of anilines is 2. The van der Waals surface area contributed by atoms with Gasteiger partial charge in [0.05, 0.1) is 17.9 Å². The summed E-state index contributed by atoms with van der Waals surface area (Å²) in [5.74, 6) is 5.26. The maximum atomic E-state index is 12.7. The molecule has 12 heteroatoms. The number of rotatable bonds is 7. The third-order valence-corrected chi connectivity index (χ3v) is 5.30. The predicted molar refractivity (Wildman–Crippen MR) is 117 cm³/mol. The second kappa shape index (κ2) is 10.4. The molecule has 1 fully saturated rings. The average Bonchev–Trinajstić information content (AvgIpc) is 3.06. The van der Waals surface area contributed by atoms with Crippen molar-refractivity contribution in [2.45, 2.75) is 44.7 Å². The van der Waals surface area contributed by atoms with Gasteiger partial charge in [0.15, 0.2) is 5.72 Å². The van der Waals surface area contributed by atoms with Gasteiger partial charge in [-0.3, -0.25) is 0 Å². The highest BCUT2D eigenvalue weighted by Crippen LogP contribution is 2.36. The van der Waals surface area contributed by atoms with Crippen molar-refractivity contribution in [1.82, 2.24) is 15.0 Å². The Kier molecular flexibility index (Phi) is 7.81. The van der Waals surface area contributed by atoms with Crippen LogP contribution in [0.2, 0.25) is 0 Å². The van der Waals surface area contributed by atoms with Crippen molar-refractivity contribution in [2.24, 2.45) is 5.92 Å². The van der Waals surface area contributed by atoms with E-state index in [4.69, 9.17) is 4.74 Å². The van der Waals surface area contributed by atoms with Crippen molar-refractivity contribution in [3.8, 4) is 17.7 Å². The third kappa shape index (κ3) is 6.25. The van der Waals surface area contributed by atoms with Gasteiger partial charge in [-0.1, -0.05) is 11.8 Å². The number of aryl methyl sites for hydroxylation is 1. The summed E-state index contributed by atoms with van der Waals surface area (Å²) in [6.07, 6.45) is -3.89. The monoisotopic (exact) mass is 481 g/mol. The van der Waals surface area contributed by atoms with E-state index in [1.54, 1.807) is 12.1 Å². The Labute approximate surface area is 194 Å². The molecule has 0 radical (unpaired) electrons. The molecule has 184 valence electrons. The molecule has 5 N–H and O–H groups in total. The lowest BCUT2D eigenvalue weighted by Crippen LogP contribution is -2.48. The van der Waals surface area contributed by atoms with E-state index in [2.05, 4.69) is 37.4 Å². The smallest absolute Gasteiger partial charge is 0.405 e. The van der Waals surface area contributed by atoms with Crippen molar-refractivity contribution in [1.29, 1.82) is 0 Å². The molecule has 0 amide bonds. The van der Waals surface area contributed by atoms with Crippen LogP contribution in [0.4, 0.5) is 24.9 Å². The van der Waals surface area contributed by atoms with Crippen LogP contribution < -0.4 is 15.4 Å². The second-order valence-electron chi connectivity index (χ2n) is 7.87. The van der Waals surface area contributed by atoms with Gasteiger partial charge in [-0.25, -0.2) is 9.97 Å². The highest BCUT2D eigenvalue weighted by atomic mass is 19.4. The zero-order valence-electron chi connectivity index (χ0n) is 18.6. The number of halogens is 3. The van der Waals surface area contributed by atoms with Crippen LogP contribution in [-0.2, 0) is 0 Å². The summed E-state index contributed by atoms with van der Waals surface area (Å²) in [6.45, 7) is 2.15. The van der Waals surface area contributed by atoms with Crippen molar-refractivity contribution < 1.29 is 33.2 Å². The standard InChI is InChI=1S/C22H26F3N5O4/c1-3-34-17-7-5-14(10-26-17)4-6-16-13(2)28-20(27-12-22(23,24)25)29-19(16)30-21(33)9-8-15(11-31)18(21)32/h5,7,10,15,18,31-33H,3,8-9,11-12H2,1-2H3,(H2,27,28,29,30)/t15-,18-,21-/m1/s1. The van der Waals surface area contributed by atoms with Crippen molar-refractivity contribution in [2.75, 3.05) is 30.4 Å². The van der Waals surface area contributed by atoms with Crippen LogP contribution in [0.15, 0.2) is 18.3 Å². The van der Waals surface area contributed by atoms with Crippen molar-refractivity contribution in [3.63, 3.8) is 0 Å². The number of ether oxygens (including phenoxy) is 1. The van der Waals surface area contributed by atoms with E-state index in [1.807, 2.05) is 6.92 Å². The van der Waals surface area contributed by atoms with E-state index >= 15 is 0 Å². The van der Waals surface area contributed by atoms with Gasteiger partial charge in [-0.15, -0.1) is 0 Å². The number of aromatic nitrogens is 3. The van der Waals surface area contributed by atoms with Gasteiger partial charge in [0.2, 0.25) is 11.8 Å². The molecule has 0 spiro atoms. The molecule has 3 atom stereocenters. The zero-order chi connectivity index (χ0) is 24.9. The lowest BCUT2D eigenvalue weighted by molar-refractivity contribution is -0.115. The summed E-state index contributed by atoms with van der Waals surface area (Å²) in [5, 5.41) is 35.6. The maximum absolute atomic E-state index is 12.7. The Hall–Kier alpha value is -3.14. The number of nitrogens with one attached hydrogen (secondary N) is 2. The summed E-state index contributed by atoms with van der Waals surface area (Å²) < 4.78 is 43.3. The predicted octanol–water partition coefficient (Wildman–Crippen LogP) is 1.82. The van der Waals surface area contributed by atoms with Crippen LogP contribution in [0, 0.1) is 24.7 Å². The van der Waals surface area contributed by atoms with Crippen LogP contribution >= 0.6 is 0 Å². The van der Waals surface area contributed by atoms with Crippen molar-refractivity contribution in [3.05, 3.63) is 35.2 Å². The minimum atomic E-state index is -4.49. The molecule has 0 unspecified atom stereocenters. The number of hydrogen-bond donors (Lipinski definition) is 5. The molecule has 2 aromatic heterocycles. The first kappa shape index (κ1) is 25.5. The fourth-order valence-electron chi connectivity index (χ4n) is 3.53. The van der Waals surface area contributed by atoms with E-state index in [0.29, 0.717) is 24.5 Å². The van der Waals surface area contributed by atoms with E-state index < -0.39 is 30.5 Å². The number of pyridine rings is 1. The highest BCUT2D eigenvalue weighted by molar-refractivity contribution is 5.61. The Bertz CT molecular complexity index is 1060. The first-order valence-corrected chi connectivity index (χ1v) is 10.6. The minimum absolute atomic E-state index is 0.0521. The second-order valence-corrected chi connectivity index (χ2v) is 7.87. The molecule has 2 aromatic rings. The molecule has 0 saturated heterocycles. The maximum Gasteiger partial charge on any atom is 0.405 e. The first-order valence-electron chi connectivity index (χ1n) is 10.6. The molecule has 3 rings (SSSR count). The molecule has 0 aliphatic heterocycles. The highest BCUT2D eigenvalue weighted by Gasteiger charge is 2.47. The number of hydrogen-bond acceptors (Lipinski definition) is 9. The normalized spacial score (nSPS) is 22.1. The summed E-state index contributed by atoms with van der Waals surface area (Å²) in [5.41, 5.74) is -0.844. The van der Waals surface area contributed by atoms with Gasteiger partial charge in [-0.2, -0.15) is 18.2 Å². The summed E-state index contributed by atoms with van der Waals surface area (Å²) in [7, 11) is 0. The molecule has 2 heterocycles. The zero-order valence-corrected chi connectivity index (χ0v) is 18.6. The van der Waals surface area contributed by atoms with E-state index in [1.165, 1.54) is 13.1 Å². The molecule has 0 aromatic carbocycles. The van der Waals surface area contributed by atoms with Gasteiger partial charge in [0, 0.05) is 30.4 Å². The SMILES string of the molecule is CCOc1ccc(C#Cc2c(C)nc(NCC(F)(F)F)nc2N[C@@]2(O)CC[C@H](CO)[C@H]2O)cn1. The van der Waals surface area contributed by atoms with Gasteiger partial charge in [-0.05, 0) is 32.8 Å².